The number of carbonyl (C=O) groups excluding carboxylic acids is 1. The molecule has 0 rings (SSSR count). The minimum Gasteiger partial charge on any atom is -0.481 e. The van der Waals surface area contributed by atoms with Gasteiger partial charge >= 0.3 is 5.97 Å². The Bertz CT molecular complexity index is 297. The molecular weight excluding hydrogens is 232 g/mol. The van der Waals surface area contributed by atoms with Gasteiger partial charge in [0.2, 0.25) is 5.91 Å². The summed E-state index contributed by atoms with van der Waals surface area (Å²) < 4.78 is 0. The predicted octanol–water partition coefficient (Wildman–Crippen LogP) is 1.37. The van der Waals surface area contributed by atoms with Crippen LogP contribution < -0.4 is 11.1 Å². The van der Waals surface area contributed by atoms with Gasteiger partial charge in [-0.3, -0.25) is 9.59 Å². The van der Waals surface area contributed by atoms with Crippen LogP contribution in [0.4, 0.5) is 0 Å². The maximum atomic E-state index is 11.7. The Balaban J connectivity index is 4.15. The zero-order chi connectivity index (χ0) is 14.5. The minimum absolute atomic E-state index is 0.0830. The number of rotatable bonds is 6. The van der Waals surface area contributed by atoms with Gasteiger partial charge in [0.25, 0.3) is 0 Å². The fourth-order valence-corrected chi connectivity index (χ4v) is 1.75. The van der Waals surface area contributed by atoms with E-state index < -0.39 is 17.9 Å². The third kappa shape index (κ3) is 7.27. The van der Waals surface area contributed by atoms with E-state index in [1.54, 1.807) is 13.8 Å². The Morgan fingerprint density at radius 2 is 1.78 bits per heavy atom. The number of nitrogens with two attached hydrogens (primary N) is 1. The zero-order valence-electron chi connectivity index (χ0n) is 12.0. The molecule has 106 valence electrons. The van der Waals surface area contributed by atoms with Crippen LogP contribution in [0.3, 0.4) is 0 Å². The fourth-order valence-electron chi connectivity index (χ4n) is 1.75. The number of carboxylic acids is 1. The van der Waals surface area contributed by atoms with Crippen LogP contribution >= 0.6 is 0 Å². The maximum absolute atomic E-state index is 11.7. The number of nitrogens with one attached hydrogen (secondary N) is 1. The first kappa shape index (κ1) is 16.9. The molecule has 3 unspecified atom stereocenters. The maximum Gasteiger partial charge on any atom is 0.308 e. The molecule has 0 heterocycles. The van der Waals surface area contributed by atoms with E-state index in [9.17, 15) is 9.59 Å². The predicted molar refractivity (Wildman–Crippen MR) is 71.1 cm³/mol. The van der Waals surface area contributed by atoms with Crippen LogP contribution in [0.25, 0.3) is 0 Å². The van der Waals surface area contributed by atoms with Crippen molar-refractivity contribution in [3.63, 3.8) is 0 Å². The first-order valence-corrected chi connectivity index (χ1v) is 6.30. The third-order valence-electron chi connectivity index (χ3n) is 2.85. The summed E-state index contributed by atoms with van der Waals surface area (Å²) in [6.07, 6.45) is 0.983. The van der Waals surface area contributed by atoms with E-state index in [2.05, 4.69) is 26.1 Å². The summed E-state index contributed by atoms with van der Waals surface area (Å²) >= 11 is 0. The lowest BCUT2D eigenvalue weighted by Crippen LogP contribution is -2.42. The van der Waals surface area contributed by atoms with E-state index in [-0.39, 0.29) is 23.8 Å². The van der Waals surface area contributed by atoms with Crippen molar-refractivity contribution in [3.8, 4) is 0 Å². The summed E-state index contributed by atoms with van der Waals surface area (Å²) in [5.74, 6) is -1.71. The van der Waals surface area contributed by atoms with Gasteiger partial charge in [0.15, 0.2) is 0 Å². The Kier molecular flexibility index (Phi) is 6.32. The molecule has 0 aliphatic rings. The van der Waals surface area contributed by atoms with Crippen molar-refractivity contribution in [1.82, 2.24) is 5.32 Å². The molecule has 0 spiro atoms. The van der Waals surface area contributed by atoms with Gasteiger partial charge < -0.3 is 16.2 Å². The molecule has 1 amide bonds. The molecule has 0 saturated heterocycles. The van der Waals surface area contributed by atoms with Crippen molar-refractivity contribution in [2.45, 2.75) is 59.5 Å². The summed E-state index contributed by atoms with van der Waals surface area (Å²) in [4.78, 5) is 22.4. The van der Waals surface area contributed by atoms with Gasteiger partial charge in [0, 0.05) is 18.5 Å². The third-order valence-corrected chi connectivity index (χ3v) is 2.85. The lowest BCUT2D eigenvalue weighted by atomic mass is 9.87. The highest BCUT2D eigenvalue weighted by Crippen LogP contribution is 2.21. The highest BCUT2D eigenvalue weighted by molar-refractivity contribution is 5.78. The van der Waals surface area contributed by atoms with E-state index >= 15 is 0 Å². The smallest absolute Gasteiger partial charge is 0.308 e. The summed E-state index contributed by atoms with van der Waals surface area (Å²) in [6, 6.07) is -0.589. The Labute approximate surface area is 109 Å². The van der Waals surface area contributed by atoms with E-state index in [0.717, 1.165) is 6.42 Å². The molecule has 0 saturated carbocycles. The number of carboxylic acid groups (broad SMARTS) is 1. The molecule has 0 bridgehead atoms. The Morgan fingerprint density at radius 3 is 2.17 bits per heavy atom. The van der Waals surface area contributed by atoms with Gasteiger partial charge in [-0.05, 0) is 25.7 Å². The number of amides is 1. The van der Waals surface area contributed by atoms with Crippen LogP contribution in [0, 0.1) is 11.3 Å². The number of hydrogen-bond acceptors (Lipinski definition) is 3. The second-order valence-electron chi connectivity index (χ2n) is 6.21. The van der Waals surface area contributed by atoms with Gasteiger partial charge in [0.1, 0.15) is 0 Å². The summed E-state index contributed by atoms with van der Waals surface area (Å²) in [5, 5.41) is 11.5. The van der Waals surface area contributed by atoms with Crippen LogP contribution in [-0.4, -0.2) is 29.1 Å². The van der Waals surface area contributed by atoms with Gasteiger partial charge in [-0.25, -0.2) is 0 Å². The van der Waals surface area contributed by atoms with E-state index in [0.29, 0.717) is 0 Å². The molecule has 3 atom stereocenters. The van der Waals surface area contributed by atoms with E-state index in [4.69, 9.17) is 10.8 Å². The van der Waals surface area contributed by atoms with Crippen molar-refractivity contribution in [3.05, 3.63) is 0 Å². The molecule has 5 heteroatoms. The highest BCUT2D eigenvalue weighted by atomic mass is 16.4. The molecule has 0 aromatic rings. The molecule has 0 aromatic heterocycles. The topological polar surface area (TPSA) is 92.4 Å². The molecule has 0 aliphatic carbocycles. The first-order valence-electron chi connectivity index (χ1n) is 6.30. The lowest BCUT2D eigenvalue weighted by Gasteiger charge is -2.24. The Morgan fingerprint density at radius 1 is 1.28 bits per heavy atom. The van der Waals surface area contributed by atoms with Gasteiger partial charge in [-0.1, -0.05) is 20.8 Å². The van der Waals surface area contributed by atoms with Crippen molar-refractivity contribution >= 4 is 11.9 Å². The summed E-state index contributed by atoms with van der Waals surface area (Å²) in [6.45, 7) is 9.47. The summed E-state index contributed by atoms with van der Waals surface area (Å²) in [7, 11) is 0. The SMILES string of the molecule is CC(NC(=O)CC(N)CC(C)(C)C)C(C)C(=O)O. The number of aliphatic carboxylic acids is 1. The molecule has 0 fully saturated rings. The molecule has 0 aromatic carbocycles. The minimum atomic E-state index is -0.915. The van der Waals surface area contributed by atoms with Crippen LogP contribution in [0.15, 0.2) is 0 Å². The van der Waals surface area contributed by atoms with Crippen molar-refractivity contribution < 1.29 is 14.7 Å². The second kappa shape index (κ2) is 6.73. The molecule has 0 radical (unpaired) electrons. The quantitative estimate of drug-likeness (QED) is 0.671. The van der Waals surface area contributed by atoms with Crippen LogP contribution in [-0.2, 0) is 9.59 Å². The van der Waals surface area contributed by atoms with Crippen LogP contribution in [0.5, 0.6) is 0 Å². The first-order chi connectivity index (χ1) is 8.03. The summed E-state index contributed by atoms with van der Waals surface area (Å²) in [5.41, 5.74) is 5.98. The molecule has 4 N–H and O–H groups in total. The molecule has 18 heavy (non-hydrogen) atoms. The monoisotopic (exact) mass is 258 g/mol. The molecule has 0 aliphatic heterocycles. The van der Waals surface area contributed by atoms with Gasteiger partial charge in [-0.15, -0.1) is 0 Å². The van der Waals surface area contributed by atoms with Crippen molar-refractivity contribution in [2.75, 3.05) is 0 Å². The van der Waals surface area contributed by atoms with Crippen molar-refractivity contribution in [1.29, 1.82) is 0 Å². The average molecular weight is 258 g/mol. The number of carbonyl (C=O) groups is 2. The van der Waals surface area contributed by atoms with E-state index in [1.807, 2.05) is 0 Å². The van der Waals surface area contributed by atoms with Gasteiger partial charge in [-0.2, -0.15) is 0 Å². The van der Waals surface area contributed by atoms with Gasteiger partial charge in [0.05, 0.1) is 5.92 Å². The number of hydrogen-bond donors (Lipinski definition) is 3. The Hall–Kier alpha value is -1.10. The lowest BCUT2D eigenvalue weighted by molar-refractivity contribution is -0.142. The largest absolute Gasteiger partial charge is 0.481 e. The van der Waals surface area contributed by atoms with Crippen LogP contribution in [0.2, 0.25) is 0 Å². The average Bonchev–Trinajstić information content (AvgIpc) is 2.12. The normalized spacial score (nSPS) is 16.8. The van der Waals surface area contributed by atoms with Crippen LogP contribution in [0.1, 0.15) is 47.5 Å². The second-order valence-corrected chi connectivity index (χ2v) is 6.21. The molecular formula is C13H26N2O3. The standard InChI is InChI=1S/C13H26N2O3/c1-8(12(17)18)9(2)15-11(16)6-10(14)7-13(3,4)5/h8-10H,6-7,14H2,1-5H3,(H,15,16)(H,17,18). The molecule has 5 nitrogen and oxygen atoms in total. The zero-order valence-corrected chi connectivity index (χ0v) is 12.0. The highest BCUT2D eigenvalue weighted by Gasteiger charge is 2.23. The van der Waals surface area contributed by atoms with E-state index in [1.165, 1.54) is 0 Å². The van der Waals surface area contributed by atoms with Crippen molar-refractivity contribution in [2.24, 2.45) is 17.1 Å². The fraction of sp³-hybridized carbons (Fsp3) is 0.846.